The predicted octanol–water partition coefficient (Wildman–Crippen LogP) is 2.88. The molecular weight excluding hydrogens is 312 g/mol. The van der Waals surface area contributed by atoms with Crippen LogP contribution in [0.4, 0.5) is 0 Å². The van der Waals surface area contributed by atoms with Crippen LogP contribution in [0.25, 0.3) is 0 Å². The summed E-state index contributed by atoms with van der Waals surface area (Å²) in [6, 6.07) is 0. The van der Waals surface area contributed by atoms with Gasteiger partial charge in [-0.15, -0.1) is 0 Å². The van der Waals surface area contributed by atoms with E-state index in [2.05, 4.69) is 0 Å². The molecule has 0 aliphatic carbocycles. The third-order valence-corrected chi connectivity index (χ3v) is 2.72. The van der Waals surface area contributed by atoms with Crippen molar-refractivity contribution in [1.29, 1.82) is 0 Å². The fraction of sp³-hybridized carbons (Fsp3) is 0.500. The van der Waals surface area contributed by atoms with Gasteiger partial charge >= 0.3 is 17.9 Å². The Labute approximate surface area is 143 Å². The third-order valence-electron chi connectivity index (χ3n) is 2.72. The molecule has 0 heterocycles. The molecule has 0 aliphatic heterocycles. The number of esters is 3. The Morgan fingerprint density at radius 1 is 0.708 bits per heavy atom. The van der Waals surface area contributed by atoms with Crippen LogP contribution in [0.5, 0.6) is 0 Å². The second-order valence-electron chi connectivity index (χ2n) is 4.80. The maximum atomic E-state index is 11.7. The van der Waals surface area contributed by atoms with Gasteiger partial charge in [-0.2, -0.15) is 0 Å². The van der Waals surface area contributed by atoms with Crippen molar-refractivity contribution >= 4 is 17.9 Å². The summed E-state index contributed by atoms with van der Waals surface area (Å²) in [5, 5.41) is 0. The van der Waals surface area contributed by atoms with Crippen molar-refractivity contribution in [1.82, 2.24) is 0 Å². The summed E-state index contributed by atoms with van der Waals surface area (Å²) >= 11 is 0. The van der Waals surface area contributed by atoms with E-state index in [9.17, 15) is 14.4 Å². The van der Waals surface area contributed by atoms with E-state index in [1.807, 2.05) is 0 Å². The summed E-state index contributed by atoms with van der Waals surface area (Å²) in [5.41, 5.74) is 0. The van der Waals surface area contributed by atoms with Crippen molar-refractivity contribution in [2.24, 2.45) is 0 Å². The number of hydrogen-bond donors (Lipinski definition) is 0. The van der Waals surface area contributed by atoms with E-state index in [1.54, 1.807) is 57.2 Å². The van der Waals surface area contributed by atoms with Gasteiger partial charge in [0.2, 0.25) is 0 Å². The van der Waals surface area contributed by atoms with Gasteiger partial charge in [-0.05, 0) is 20.8 Å². The molecule has 0 fully saturated rings. The van der Waals surface area contributed by atoms with Gasteiger partial charge in [0.1, 0.15) is 13.2 Å². The van der Waals surface area contributed by atoms with Gasteiger partial charge < -0.3 is 14.2 Å². The average molecular weight is 338 g/mol. The first-order valence-electron chi connectivity index (χ1n) is 7.87. The van der Waals surface area contributed by atoms with Crippen LogP contribution >= 0.6 is 0 Å². The van der Waals surface area contributed by atoms with Crippen molar-refractivity contribution in [3.8, 4) is 0 Å². The number of carbonyl (C=O) groups is 3. The highest BCUT2D eigenvalue weighted by atomic mass is 16.6. The molecule has 134 valence electrons. The van der Waals surface area contributed by atoms with Crippen LogP contribution in [0, 0.1) is 0 Å². The zero-order valence-corrected chi connectivity index (χ0v) is 14.5. The Bertz CT molecular complexity index is 446. The Hall–Kier alpha value is -2.37. The lowest BCUT2D eigenvalue weighted by molar-refractivity contribution is -0.165. The van der Waals surface area contributed by atoms with E-state index >= 15 is 0 Å². The SMILES string of the molecule is C/C=C/CC(=O)OCC(COC(=O)C/C=C/C)OC(=O)C/C=C/C. The zero-order chi connectivity index (χ0) is 18.2. The third kappa shape index (κ3) is 12.2. The van der Waals surface area contributed by atoms with Gasteiger partial charge in [0.25, 0.3) is 0 Å². The molecule has 0 amide bonds. The first-order valence-corrected chi connectivity index (χ1v) is 7.87. The minimum Gasteiger partial charge on any atom is -0.461 e. The highest BCUT2D eigenvalue weighted by Gasteiger charge is 2.18. The summed E-state index contributed by atoms with van der Waals surface area (Å²) < 4.78 is 15.3. The number of ether oxygens (including phenoxy) is 3. The van der Waals surface area contributed by atoms with Crippen molar-refractivity contribution < 1.29 is 28.6 Å². The molecule has 6 heteroatoms. The fourth-order valence-electron chi connectivity index (χ4n) is 1.48. The fourth-order valence-corrected chi connectivity index (χ4v) is 1.48. The van der Waals surface area contributed by atoms with Crippen molar-refractivity contribution in [2.45, 2.75) is 46.1 Å². The standard InChI is InChI=1S/C18H26O6/c1-4-7-10-16(19)22-13-15(24-18(21)12-9-6-3)14-23-17(20)11-8-5-2/h4-9,15H,10-14H2,1-3H3/b7-4+,8-5+,9-6+. The van der Waals surface area contributed by atoms with E-state index in [0.29, 0.717) is 0 Å². The van der Waals surface area contributed by atoms with E-state index < -0.39 is 24.0 Å². The number of hydrogen-bond acceptors (Lipinski definition) is 6. The molecule has 0 N–H and O–H groups in total. The lowest BCUT2D eigenvalue weighted by Gasteiger charge is -2.17. The zero-order valence-electron chi connectivity index (χ0n) is 14.5. The van der Waals surface area contributed by atoms with Gasteiger partial charge in [0.15, 0.2) is 6.10 Å². The van der Waals surface area contributed by atoms with Crippen LogP contribution in [0.15, 0.2) is 36.5 Å². The second-order valence-corrected chi connectivity index (χ2v) is 4.80. The van der Waals surface area contributed by atoms with Crippen molar-refractivity contribution in [2.75, 3.05) is 13.2 Å². The molecule has 0 aliphatic rings. The lowest BCUT2D eigenvalue weighted by Crippen LogP contribution is -2.30. The lowest BCUT2D eigenvalue weighted by atomic mass is 10.3. The van der Waals surface area contributed by atoms with Crippen LogP contribution in [0.3, 0.4) is 0 Å². The van der Waals surface area contributed by atoms with Gasteiger partial charge in [-0.1, -0.05) is 36.5 Å². The van der Waals surface area contributed by atoms with Crippen LogP contribution in [0.2, 0.25) is 0 Å². The van der Waals surface area contributed by atoms with Crippen LogP contribution in [-0.4, -0.2) is 37.2 Å². The molecule has 0 aromatic rings. The largest absolute Gasteiger partial charge is 0.461 e. The van der Waals surface area contributed by atoms with Gasteiger partial charge in [0, 0.05) is 0 Å². The highest BCUT2D eigenvalue weighted by molar-refractivity contribution is 5.72. The average Bonchev–Trinajstić information content (AvgIpc) is 2.58. The summed E-state index contributed by atoms with van der Waals surface area (Å²) in [5.74, 6) is -1.36. The Morgan fingerprint density at radius 2 is 1.08 bits per heavy atom. The molecule has 0 rings (SSSR count). The number of carbonyl (C=O) groups excluding carboxylic acids is 3. The molecule has 0 radical (unpaired) electrons. The smallest absolute Gasteiger partial charge is 0.310 e. The van der Waals surface area contributed by atoms with E-state index in [1.165, 1.54) is 0 Å². The Morgan fingerprint density at radius 3 is 1.46 bits per heavy atom. The first kappa shape index (κ1) is 21.6. The molecule has 24 heavy (non-hydrogen) atoms. The summed E-state index contributed by atoms with van der Waals surface area (Å²) in [7, 11) is 0. The van der Waals surface area contributed by atoms with Gasteiger partial charge in [0.05, 0.1) is 19.3 Å². The maximum absolute atomic E-state index is 11.7. The molecular formula is C18H26O6. The van der Waals surface area contributed by atoms with Crippen LogP contribution in [0.1, 0.15) is 40.0 Å². The summed E-state index contributed by atoms with van der Waals surface area (Å²) in [4.78, 5) is 34.7. The van der Waals surface area contributed by atoms with Gasteiger partial charge in [-0.3, -0.25) is 14.4 Å². The normalized spacial score (nSPS) is 11.5. The molecule has 0 saturated heterocycles. The van der Waals surface area contributed by atoms with E-state index in [0.717, 1.165) is 0 Å². The predicted molar refractivity (Wildman–Crippen MR) is 90.1 cm³/mol. The van der Waals surface area contributed by atoms with Crippen LogP contribution < -0.4 is 0 Å². The summed E-state index contributed by atoms with van der Waals surface area (Å²) in [6.45, 7) is 5.06. The van der Waals surface area contributed by atoms with Crippen LogP contribution in [-0.2, 0) is 28.6 Å². The van der Waals surface area contributed by atoms with E-state index in [-0.39, 0.29) is 32.5 Å². The Balaban J connectivity index is 4.49. The number of allylic oxidation sites excluding steroid dienone is 3. The molecule has 6 nitrogen and oxygen atoms in total. The van der Waals surface area contributed by atoms with Crippen molar-refractivity contribution in [3.63, 3.8) is 0 Å². The first-order chi connectivity index (χ1) is 11.5. The van der Waals surface area contributed by atoms with Gasteiger partial charge in [-0.25, -0.2) is 0 Å². The molecule has 0 aromatic heterocycles. The van der Waals surface area contributed by atoms with Crippen molar-refractivity contribution in [3.05, 3.63) is 36.5 Å². The molecule has 0 aromatic carbocycles. The Kier molecular flexibility index (Phi) is 12.8. The summed E-state index contributed by atoms with van der Waals surface area (Å²) in [6.07, 6.45) is 9.71. The molecule has 0 saturated carbocycles. The highest BCUT2D eigenvalue weighted by Crippen LogP contribution is 2.02. The monoisotopic (exact) mass is 338 g/mol. The molecule has 0 spiro atoms. The quantitative estimate of drug-likeness (QED) is 0.327. The molecule has 0 bridgehead atoms. The van der Waals surface area contributed by atoms with E-state index in [4.69, 9.17) is 14.2 Å². The minimum atomic E-state index is -0.827. The minimum absolute atomic E-state index is 0.103. The molecule has 0 unspecified atom stereocenters. The second kappa shape index (κ2) is 14.2. The topological polar surface area (TPSA) is 78.9 Å². The number of rotatable bonds is 11. The maximum Gasteiger partial charge on any atom is 0.310 e. The molecule has 0 atom stereocenters.